The predicted molar refractivity (Wildman–Crippen MR) is 91.0 cm³/mol. The van der Waals surface area contributed by atoms with E-state index in [1.165, 1.54) is 24.3 Å². The van der Waals surface area contributed by atoms with Crippen LogP contribution in [0.15, 0.2) is 47.4 Å². The molecule has 0 heterocycles. The van der Waals surface area contributed by atoms with Crippen LogP contribution in [0.5, 0.6) is 0 Å². The molecule has 27 heavy (non-hydrogen) atoms. The molecule has 0 aromatic heterocycles. The summed E-state index contributed by atoms with van der Waals surface area (Å²) in [7, 11) is -3.82. The van der Waals surface area contributed by atoms with Gasteiger partial charge in [0.1, 0.15) is 11.6 Å². The van der Waals surface area contributed by atoms with Gasteiger partial charge in [0.05, 0.1) is 16.5 Å². The van der Waals surface area contributed by atoms with Gasteiger partial charge >= 0.3 is 5.97 Å². The van der Waals surface area contributed by atoms with Crippen molar-refractivity contribution in [2.24, 2.45) is 5.14 Å². The van der Waals surface area contributed by atoms with Crippen LogP contribution in [-0.4, -0.2) is 26.9 Å². The molecule has 0 bridgehead atoms. The molecule has 0 aliphatic heterocycles. The van der Waals surface area contributed by atoms with Gasteiger partial charge < -0.3 is 10.1 Å². The Hall–Kier alpha value is -2.85. The summed E-state index contributed by atoms with van der Waals surface area (Å²) in [6, 6.07) is 7.22. The number of rotatable bonds is 6. The summed E-state index contributed by atoms with van der Waals surface area (Å²) in [5.41, 5.74) is 0.237. The highest BCUT2D eigenvalue weighted by atomic mass is 32.2. The average Bonchev–Trinajstić information content (AvgIpc) is 2.58. The summed E-state index contributed by atoms with van der Waals surface area (Å²) < 4.78 is 53.3. The smallest absolute Gasteiger partial charge is 0.338 e. The van der Waals surface area contributed by atoms with Crippen molar-refractivity contribution in [2.75, 3.05) is 6.61 Å². The van der Waals surface area contributed by atoms with E-state index >= 15 is 0 Å². The zero-order valence-corrected chi connectivity index (χ0v) is 14.9. The number of halogens is 2. The van der Waals surface area contributed by atoms with E-state index in [1.54, 1.807) is 6.92 Å². The largest absolute Gasteiger partial charge is 0.452 e. The predicted octanol–water partition coefficient (Wildman–Crippen LogP) is 1.65. The number of nitrogens with two attached hydrogens (primary N) is 1. The second kappa shape index (κ2) is 8.23. The van der Waals surface area contributed by atoms with Gasteiger partial charge in [0.2, 0.25) is 10.0 Å². The van der Waals surface area contributed by atoms with Crippen LogP contribution in [0.4, 0.5) is 8.78 Å². The van der Waals surface area contributed by atoms with Crippen LogP contribution in [0.2, 0.25) is 0 Å². The third kappa shape index (κ3) is 5.83. The van der Waals surface area contributed by atoms with Gasteiger partial charge in [-0.15, -0.1) is 0 Å². The minimum Gasteiger partial charge on any atom is -0.452 e. The maximum absolute atomic E-state index is 13.1. The molecule has 0 aliphatic carbocycles. The lowest BCUT2D eigenvalue weighted by atomic mass is 10.1. The van der Waals surface area contributed by atoms with E-state index in [0.717, 1.165) is 12.1 Å². The third-order valence-corrected chi connectivity index (χ3v) is 4.45. The van der Waals surface area contributed by atoms with Gasteiger partial charge in [0, 0.05) is 6.07 Å². The first-order chi connectivity index (χ1) is 12.6. The van der Waals surface area contributed by atoms with Crippen molar-refractivity contribution in [3.63, 3.8) is 0 Å². The van der Waals surface area contributed by atoms with Crippen LogP contribution in [0.3, 0.4) is 0 Å². The molecule has 2 aromatic rings. The molecule has 1 amide bonds. The van der Waals surface area contributed by atoms with Crippen molar-refractivity contribution in [1.29, 1.82) is 0 Å². The molecule has 0 unspecified atom stereocenters. The van der Waals surface area contributed by atoms with Gasteiger partial charge in [-0.2, -0.15) is 0 Å². The summed E-state index contributed by atoms with van der Waals surface area (Å²) in [6.45, 7) is 0.976. The van der Waals surface area contributed by atoms with Gasteiger partial charge in [-0.3, -0.25) is 4.79 Å². The number of carbonyl (C=O) groups is 2. The molecule has 0 fully saturated rings. The third-order valence-electron chi connectivity index (χ3n) is 3.52. The fourth-order valence-corrected chi connectivity index (χ4v) is 2.71. The lowest BCUT2D eigenvalue weighted by Gasteiger charge is -2.15. The Morgan fingerprint density at radius 3 is 2.19 bits per heavy atom. The molecule has 2 rings (SSSR count). The highest BCUT2D eigenvalue weighted by molar-refractivity contribution is 7.89. The molecule has 0 radical (unpaired) electrons. The highest BCUT2D eigenvalue weighted by Crippen LogP contribution is 2.15. The quantitative estimate of drug-likeness (QED) is 0.718. The van der Waals surface area contributed by atoms with Crippen molar-refractivity contribution >= 4 is 21.9 Å². The number of hydrogen-bond acceptors (Lipinski definition) is 5. The van der Waals surface area contributed by atoms with Crippen molar-refractivity contribution < 1.29 is 31.5 Å². The number of carbonyl (C=O) groups excluding carboxylic acids is 2. The van der Waals surface area contributed by atoms with Crippen molar-refractivity contribution in [1.82, 2.24) is 5.32 Å². The van der Waals surface area contributed by atoms with Gasteiger partial charge in [-0.05, 0) is 36.8 Å². The number of ether oxygens (including phenoxy) is 1. The molecule has 2 aromatic carbocycles. The molecule has 0 aliphatic rings. The van der Waals surface area contributed by atoms with Crippen molar-refractivity contribution in [2.45, 2.75) is 17.9 Å². The van der Waals surface area contributed by atoms with Gasteiger partial charge in [-0.1, -0.05) is 12.1 Å². The SMILES string of the molecule is C[C@H](NC(=O)COC(=O)c1cc(F)cc(F)c1)c1ccc(S(N)(=O)=O)cc1. The second-order valence-electron chi connectivity index (χ2n) is 5.64. The van der Waals surface area contributed by atoms with Crippen molar-refractivity contribution in [3.8, 4) is 0 Å². The molecule has 144 valence electrons. The maximum atomic E-state index is 13.1. The fraction of sp³-hybridized carbons (Fsp3) is 0.176. The minimum absolute atomic E-state index is 0.0685. The Balaban J connectivity index is 1.92. The van der Waals surface area contributed by atoms with Crippen molar-refractivity contribution in [3.05, 3.63) is 65.2 Å². The first-order valence-corrected chi connectivity index (χ1v) is 9.16. The summed E-state index contributed by atoms with van der Waals surface area (Å²) in [4.78, 5) is 23.5. The number of amides is 1. The molecule has 7 nitrogen and oxygen atoms in total. The molecular formula is C17H16F2N2O5S. The van der Waals surface area contributed by atoms with E-state index < -0.39 is 46.2 Å². The van der Waals surface area contributed by atoms with Crippen LogP contribution >= 0.6 is 0 Å². The number of primary sulfonamides is 1. The van der Waals surface area contributed by atoms with E-state index in [9.17, 15) is 26.8 Å². The normalized spacial score (nSPS) is 12.3. The minimum atomic E-state index is -3.82. The van der Waals surface area contributed by atoms with E-state index in [1.807, 2.05) is 0 Å². The first-order valence-electron chi connectivity index (χ1n) is 7.61. The molecule has 10 heteroatoms. The Labute approximate surface area is 154 Å². The van der Waals surface area contributed by atoms with Crippen LogP contribution in [0.1, 0.15) is 28.9 Å². The lowest BCUT2D eigenvalue weighted by molar-refractivity contribution is -0.124. The molecule has 0 spiro atoms. The Morgan fingerprint density at radius 1 is 1.11 bits per heavy atom. The summed E-state index contributed by atoms with van der Waals surface area (Å²) in [5.74, 6) is -3.58. The second-order valence-corrected chi connectivity index (χ2v) is 7.20. The monoisotopic (exact) mass is 398 g/mol. The number of benzene rings is 2. The molecule has 1 atom stereocenters. The Kier molecular flexibility index (Phi) is 6.24. The van der Waals surface area contributed by atoms with E-state index in [4.69, 9.17) is 9.88 Å². The highest BCUT2D eigenvalue weighted by Gasteiger charge is 2.15. The maximum Gasteiger partial charge on any atom is 0.338 e. The Morgan fingerprint density at radius 2 is 1.67 bits per heavy atom. The summed E-state index contributed by atoms with van der Waals surface area (Å²) in [5, 5.41) is 7.54. The van der Waals surface area contributed by atoms with Crippen LogP contribution in [0, 0.1) is 11.6 Å². The van der Waals surface area contributed by atoms with Gasteiger partial charge in [0.15, 0.2) is 6.61 Å². The number of sulfonamides is 1. The van der Waals surface area contributed by atoms with E-state index in [0.29, 0.717) is 11.6 Å². The number of hydrogen-bond donors (Lipinski definition) is 2. The average molecular weight is 398 g/mol. The topological polar surface area (TPSA) is 116 Å². The lowest BCUT2D eigenvalue weighted by Crippen LogP contribution is -2.31. The molecule has 3 N–H and O–H groups in total. The van der Waals surface area contributed by atoms with E-state index in [-0.39, 0.29) is 10.5 Å². The molecule has 0 saturated heterocycles. The van der Waals surface area contributed by atoms with Crippen LogP contribution < -0.4 is 10.5 Å². The number of esters is 1. The summed E-state index contributed by atoms with van der Waals surface area (Å²) >= 11 is 0. The van der Waals surface area contributed by atoms with Crippen LogP contribution in [0.25, 0.3) is 0 Å². The fourth-order valence-electron chi connectivity index (χ4n) is 2.20. The first kappa shape index (κ1) is 20.5. The van der Waals surface area contributed by atoms with Crippen LogP contribution in [-0.2, 0) is 19.6 Å². The van der Waals surface area contributed by atoms with Gasteiger partial charge in [0.25, 0.3) is 5.91 Å². The standard InChI is InChI=1S/C17H16F2N2O5S/c1-10(11-2-4-15(5-3-11)27(20,24)25)21-16(22)9-26-17(23)12-6-13(18)8-14(19)7-12/h2-8,10H,9H2,1H3,(H,21,22)(H2,20,24,25)/t10-/m0/s1. The summed E-state index contributed by atoms with van der Waals surface area (Å²) in [6.07, 6.45) is 0. The van der Waals surface area contributed by atoms with Gasteiger partial charge in [-0.25, -0.2) is 27.1 Å². The zero-order valence-electron chi connectivity index (χ0n) is 14.1. The molecular weight excluding hydrogens is 382 g/mol. The van der Waals surface area contributed by atoms with E-state index in [2.05, 4.69) is 5.32 Å². The number of nitrogens with one attached hydrogen (secondary N) is 1. The molecule has 0 saturated carbocycles. The zero-order chi connectivity index (χ0) is 20.2. The Bertz CT molecular complexity index is 942.